The average Bonchev–Trinajstić information content (AvgIpc) is 2.67. The number of para-hydroxylation sites is 1. The molecule has 1 heterocycles. The summed E-state index contributed by atoms with van der Waals surface area (Å²) in [7, 11) is 0. The van der Waals surface area contributed by atoms with Crippen molar-refractivity contribution in [3.63, 3.8) is 0 Å². The molecule has 3 N–H and O–H groups in total. The van der Waals surface area contributed by atoms with Gasteiger partial charge in [0.25, 0.3) is 11.6 Å². The lowest BCUT2D eigenvalue weighted by atomic mass is 10.0. The van der Waals surface area contributed by atoms with E-state index in [1.807, 2.05) is 6.07 Å². The molecule has 0 radical (unpaired) electrons. The van der Waals surface area contributed by atoms with Crippen molar-refractivity contribution >= 4 is 28.4 Å². The number of amides is 2. The Hall–Kier alpha value is -3.81. The molecule has 0 saturated carbocycles. The van der Waals surface area contributed by atoms with Crippen LogP contribution in [0.1, 0.15) is 15.9 Å². The summed E-state index contributed by atoms with van der Waals surface area (Å²) in [5.74, 6) is -1.14. The van der Waals surface area contributed by atoms with Gasteiger partial charge in [-0.25, -0.2) is 0 Å². The molecule has 2 amide bonds. The molecule has 1 atom stereocenters. The minimum absolute atomic E-state index is 0.0540. The van der Waals surface area contributed by atoms with Crippen LogP contribution in [0.15, 0.2) is 60.8 Å². The van der Waals surface area contributed by atoms with E-state index in [-0.39, 0.29) is 12.1 Å². The number of rotatable bonds is 6. The van der Waals surface area contributed by atoms with Gasteiger partial charge in [0, 0.05) is 30.1 Å². The summed E-state index contributed by atoms with van der Waals surface area (Å²) in [4.78, 5) is 38.9. The number of non-ortho nitro benzene ring substituents is 1. The quantitative estimate of drug-likeness (QED) is 0.510. The molecular formula is C19H16N4O4. The zero-order valence-corrected chi connectivity index (χ0v) is 14.2. The molecule has 2 aromatic carbocycles. The third-order valence-electron chi connectivity index (χ3n) is 4.13. The van der Waals surface area contributed by atoms with E-state index in [0.29, 0.717) is 22.0 Å². The molecule has 8 heteroatoms. The Bertz CT molecular complexity index is 1010. The molecule has 27 heavy (non-hydrogen) atoms. The monoisotopic (exact) mass is 364 g/mol. The lowest BCUT2D eigenvalue weighted by Gasteiger charge is -2.16. The Kier molecular flexibility index (Phi) is 5.07. The van der Waals surface area contributed by atoms with E-state index in [9.17, 15) is 19.7 Å². The van der Waals surface area contributed by atoms with Crippen LogP contribution in [0, 0.1) is 10.1 Å². The summed E-state index contributed by atoms with van der Waals surface area (Å²) in [6.45, 7) is 0. The van der Waals surface area contributed by atoms with Crippen LogP contribution in [-0.2, 0) is 11.2 Å². The van der Waals surface area contributed by atoms with E-state index in [2.05, 4.69) is 10.3 Å². The minimum Gasteiger partial charge on any atom is -0.368 e. The molecule has 3 rings (SSSR count). The maximum atomic E-state index is 12.7. The van der Waals surface area contributed by atoms with Crippen molar-refractivity contribution < 1.29 is 14.5 Å². The van der Waals surface area contributed by atoms with Crippen molar-refractivity contribution in [2.45, 2.75) is 12.5 Å². The first-order valence-corrected chi connectivity index (χ1v) is 8.13. The summed E-state index contributed by atoms with van der Waals surface area (Å²) in [6, 6.07) is 13.5. The number of pyridine rings is 1. The Morgan fingerprint density at radius 1 is 1.11 bits per heavy atom. The summed E-state index contributed by atoms with van der Waals surface area (Å²) in [5.41, 5.74) is 7.06. The molecule has 136 valence electrons. The molecule has 0 saturated heterocycles. The van der Waals surface area contributed by atoms with Crippen LogP contribution in [0.3, 0.4) is 0 Å². The second-order valence-electron chi connectivity index (χ2n) is 5.93. The van der Waals surface area contributed by atoms with Crippen molar-refractivity contribution in [3.05, 3.63) is 82.0 Å². The summed E-state index contributed by atoms with van der Waals surface area (Å²) >= 11 is 0. The van der Waals surface area contributed by atoms with Gasteiger partial charge < -0.3 is 11.1 Å². The van der Waals surface area contributed by atoms with Crippen LogP contribution < -0.4 is 11.1 Å². The number of nitro benzene ring substituents is 1. The topological polar surface area (TPSA) is 128 Å². The molecule has 0 aliphatic heterocycles. The molecule has 0 fully saturated rings. The van der Waals surface area contributed by atoms with E-state index in [4.69, 9.17) is 5.73 Å². The number of carbonyl (C=O) groups excluding carboxylic acids is 2. The first kappa shape index (κ1) is 18.0. The minimum atomic E-state index is -0.953. The maximum absolute atomic E-state index is 12.7. The zero-order valence-electron chi connectivity index (χ0n) is 14.2. The molecule has 3 aromatic rings. The Morgan fingerprint density at radius 2 is 1.81 bits per heavy atom. The second-order valence-corrected chi connectivity index (χ2v) is 5.93. The number of nitro groups is 1. The number of nitrogens with two attached hydrogens (primary N) is 1. The molecule has 0 aliphatic carbocycles. The lowest BCUT2D eigenvalue weighted by Crippen LogP contribution is -2.45. The van der Waals surface area contributed by atoms with Crippen LogP contribution in [-0.4, -0.2) is 27.8 Å². The van der Waals surface area contributed by atoms with Crippen LogP contribution in [0.2, 0.25) is 0 Å². The van der Waals surface area contributed by atoms with Crippen LogP contribution in [0.5, 0.6) is 0 Å². The largest absolute Gasteiger partial charge is 0.368 e. The summed E-state index contributed by atoms with van der Waals surface area (Å²) in [6.07, 6.45) is 1.65. The fourth-order valence-electron chi connectivity index (χ4n) is 2.74. The Labute approximate surface area is 154 Å². The highest BCUT2D eigenvalue weighted by molar-refractivity contribution is 6.07. The first-order valence-electron chi connectivity index (χ1n) is 8.13. The molecule has 0 bridgehead atoms. The van der Waals surface area contributed by atoms with Gasteiger partial charge in [-0.2, -0.15) is 0 Å². The number of primary amides is 1. The highest BCUT2D eigenvalue weighted by atomic mass is 16.6. The number of nitrogens with one attached hydrogen (secondary N) is 1. The van der Waals surface area contributed by atoms with Gasteiger partial charge in [0.2, 0.25) is 5.91 Å². The van der Waals surface area contributed by atoms with Crippen molar-refractivity contribution in [1.29, 1.82) is 0 Å². The van der Waals surface area contributed by atoms with E-state index >= 15 is 0 Å². The van der Waals surface area contributed by atoms with Gasteiger partial charge in [-0.15, -0.1) is 0 Å². The molecule has 0 aliphatic rings. The molecule has 1 aromatic heterocycles. The van der Waals surface area contributed by atoms with Crippen molar-refractivity contribution in [2.24, 2.45) is 5.73 Å². The van der Waals surface area contributed by atoms with E-state index in [1.54, 1.807) is 24.3 Å². The Balaban J connectivity index is 1.80. The molecule has 0 unspecified atom stereocenters. The highest BCUT2D eigenvalue weighted by Crippen LogP contribution is 2.17. The van der Waals surface area contributed by atoms with Crippen molar-refractivity contribution in [2.75, 3.05) is 0 Å². The standard InChI is InChI=1S/C19H16N4O4/c20-18(24)17(11-12-5-7-13(8-6-12)23(26)27)22-19(25)15-9-10-21-16-4-2-1-3-14(15)16/h1-10,17H,11H2,(H2,20,24)(H,22,25)/t17-/m1/s1. The number of carbonyl (C=O) groups is 2. The normalized spacial score (nSPS) is 11.7. The van der Waals surface area contributed by atoms with Gasteiger partial charge in [0.1, 0.15) is 6.04 Å². The van der Waals surface area contributed by atoms with Crippen LogP contribution >= 0.6 is 0 Å². The van der Waals surface area contributed by atoms with Crippen LogP contribution in [0.25, 0.3) is 10.9 Å². The number of benzene rings is 2. The van der Waals surface area contributed by atoms with Gasteiger partial charge in [-0.3, -0.25) is 24.7 Å². The third-order valence-corrected chi connectivity index (χ3v) is 4.13. The van der Waals surface area contributed by atoms with Crippen molar-refractivity contribution in [1.82, 2.24) is 10.3 Å². The molecular weight excluding hydrogens is 348 g/mol. The lowest BCUT2D eigenvalue weighted by molar-refractivity contribution is -0.384. The Morgan fingerprint density at radius 3 is 2.48 bits per heavy atom. The SMILES string of the molecule is NC(=O)[C@@H](Cc1ccc([N+](=O)[O-])cc1)NC(=O)c1ccnc2ccccc12. The number of fused-ring (bicyclic) bond motifs is 1. The third kappa shape index (κ3) is 4.06. The summed E-state index contributed by atoms with van der Waals surface area (Å²) < 4.78 is 0. The second kappa shape index (κ2) is 7.61. The average molecular weight is 364 g/mol. The van der Waals surface area contributed by atoms with Crippen molar-refractivity contribution in [3.8, 4) is 0 Å². The first-order chi connectivity index (χ1) is 13.0. The summed E-state index contributed by atoms with van der Waals surface area (Å²) in [5, 5.41) is 14.0. The van der Waals surface area contributed by atoms with Gasteiger partial charge in [0.05, 0.1) is 16.0 Å². The van der Waals surface area contributed by atoms with Gasteiger partial charge >= 0.3 is 0 Å². The van der Waals surface area contributed by atoms with Gasteiger partial charge in [0.15, 0.2) is 0 Å². The molecule has 8 nitrogen and oxygen atoms in total. The number of nitrogens with zero attached hydrogens (tertiary/aromatic N) is 2. The number of aromatic nitrogens is 1. The predicted molar refractivity (Wildman–Crippen MR) is 99.0 cm³/mol. The van der Waals surface area contributed by atoms with Gasteiger partial charge in [-0.1, -0.05) is 30.3 Å². The highest BCUT2D eigenvalue weighted by Gasteiger charge is 2.21. The number of hydrogen-bond donors (Lipinski definition) is 2. The van der Waals surface area contributed by atoms with E-state index in [1.165, 1.54) is 30.5 Å². The van der Waals surface area contributed by atoms with E-state index in [0.717, 1.165) is 0 Å². The van der Waals surface area contributed by atoms with Gasteiger partial charge in [-0.05, 0) is 17.7 Å². The van der Waals surface area contributed by atoms with E-state index < -0.39 is 22.8 Å². The van der Waals surface area contributed by atoms with Crippen LogP contribution in [0.4, 0.5) is 5.69 Å². The maximum Gasteiger partial charge on any atom is 0.269 e. The smallest absolute Gasteiger partial charge is 0.269 e. The number of hydrogen-bond acceptors (Lipinski definition) is 5. The fraction of sp³-hybridized carbons (Fsp3) is 0.105. The fourth-order valence-corrected chi connectivity index (χ4v) is 2.74. The zero-order chi connectivity index (χ0) is 19.4. The molecule has 0 spiro atoms. The predicted octanol–water partition coefficient (Wildman–Crippen LogP) is 1.97.